The Bertz CT molecular complexity index is 673. The number of aromatic nitrogens is 1. The molecule has 0 aliphatic carbocycles. The number of rotatable bonds is 3. The molecular formula is C15H19N3O2S. The van der Waals surface area contributed by atoms with Crippen molar-refractivity contribution in [2.45, 2.75) is 26.3 Å². The molecule has 0 aliphatic heterocycles. The summed E-state index contributed by atoms with van der Waals surface area (Å²) < 4.78 is 0.966. The van der Waals surface area contributed by atoms with Crippen molar-refractivity contribution in [2.75, 3.05) is 13.6 Å². The van der Waals surface area contributed by atoms with E-state index in [1.165, 1.54) is 16.2 Å². The fourth-order valence-corrected chi connectivity index (χ4v) is 2.67. The van der Waals surface area contributed by atoms with Crippen LogP contribution < -0.4 is 5.32 Å². The van der Waals surface area contributed by atoms with Gasteiger partial charge in [-0.05, 0) is 39.0 Å². The second-order valence-electron chi connectivity index (χ2n) is 5.99. The maximum atomic E-state index is 12.3. The predicted octanol–water partition coefficient (Wildman–Crippen LogP) is 2.28. The molecule has 0 fully saturated rings. The number of nitrogens with one attached hydrogen (secondary N) is 1. The molecule has 2 amide bonds. The Labute approximate surface area is 128 Å². The zero-order valence-electron chi connectivity index (χ0n) is 12.6. The lowest BCUT2D eigenvalue weighted by Gasteiger charge is -2.23. The fourth-order valence-electron chi connectivity index (χ4n) is 1.95. The van der Waals surface area contributed by atoms with Gasteiger partial charge in [0, 0.05) is 18.2 Å². The third kappa shape index (κ3) is 4.01. The smallest absolute Gasteiger partial charge is 0.254 e. The van der Waals surface area contributed by atoms with Crippen LogP contribution in [0, 0.1) is 0 Å². The molecule has 0 atom stereocenters. The van der Waals surface area contributed by atoms with E-state index in [2.05, 4.69) is 10.3 Å². The van der Waals surface area contributed by atoms with Gasteiger partial charge in [-0.3, -0.25) is 9.59 Å². The van der Waals surface area contributed by atoms with E-state index >= 15 is 0 Å². The minimum Gasteiger partial charge on any atom is -0.350 e. The number of carbonyl (C=O) groups excluding carboxylic acids is 2. The Kier molecular flexibility index (Phi) is 4.27. The van der Waals surface area contributed by atoms with E-state index in [0.717, 1.165) is 10.2 Å². The van der Waals surface area contributed by atoms with Gasteiger partial charge in [0.05, 0.1) is 22.3 Å². The highest BCUT2D eigenvalue weighted by Crippen LogP contribution is 2.19. The molecule has 0 saturated heterocycles. The molecule has 112 valence electrons. The van der Waals surface area contributed by atoms with Crippen LogP contribution in [0.3, 0.4) is 0 Å². The molecule has 0 spiro atoms. The second-order valence-corrected chi connectivity index (χ2v) is 6.88. The van der Waals surface area contributed by atoms with Gasteiger partial charge in [-0.1, -0.05) is 0 Å². The number of carbonyl (C=O) groups is 2. The first-order valence-corrected chi connectivity index (χ1v) is 7.54. The highest BCUT2D eigenvalue weighted by molar-refractivity contribution is 7.16. The highest BCUT2D eigenvalue weighted by Gasteiger charge is 2.19. The first kappa shape index (κ1) is 15.4. The Morgan fingerprint density at radius 1 is 1.33 bits per heavy atom. The summed E-state index contributed by atoms with van der Waals surface area (Å²) in [5.41, 5.74) is 2.89. The lowest BCUT2D eigenvalue weighted by Crippen LogP contribution is -2.46. The van der Waals surface area contributed by atoms with E-state index in [1.54, 1.807) is 18.6 Å². The van der Waals surface area contributed by atoms with Crippen molar-refractivity contribution in [1.29, 1.82) is 0 Å². The lowest BCUT2D eigenvalue weighted by atomic mass is 10.1. The van der Waals surface area contributed by atoms with Crippen LogP contribution in [0.4, 0.5) is 0 Å². The minimum atomic E-state index is -0.303. The molecule has 21 heavy (non-hydrogen) atoms. The van der Waals surface area contributed by atoms with Crippen molar-refractivity contribution in [2.24, 2.45) is 0 Å². The van der Waals surface area contributed by atoms with E-state index in [0.29, 0.717) is 5.56 Å². The average Bonchev–Trinajstić information content (AvgIpc) is 2.82. The first-order chi connectivity index (χ1) is 9.76. The molecule has 0 unspecified atom stereocenters. The van der Waals surface area contributed by atoms with Crippen LogP contribution in [0.2, 0.25) is 0 Å². The van der Waals surface area contributed by atoms with Gasteiger partial charge in [0.2, 0.25) is 5.91 Å². The largest absolute Gasteiger partial charge is 0.350 e. The number of hydrogen-bond acceptors (Lipinski definition) is 4. The van der Waals surface area contributed by atoms with E-state index in [4.69, 9.17) is 0 Å². The molecule has 1 N–H and O–H groups in total. The van der Waals surface area contributed by atoms with E-state index < -0.39 is 0 Å². The standard InChI is InChI=1S/C15H19N3O2S/c1-15(2,3)17-13(19)8-18(4)14(20)10-5-6-11-12(7-10)21-9-16-11/h5-7,9H,8H2,1-4H3,(H,17,19). The van der Waals surface area contributed by atoms with E-state index in [9.17, 15) is 9.59 Å². The number of fused-ring (bicyclic) bond motifs is 1. The van der Waals surface area contributed by atoms with Crippen molar-refractivity contribution in [1.82, 2.24) is 15.2 Å². The van der Waals surface area contributed by atoms with Gasteiger partial charge in [-0.15, -0.1) is 11.3 Å². The van der Waals surface area contributed by atoms with Crippen molar-refractivity contribution in [3.05, 3.63) is 29.3 Å². The SMILES string of the molecule is CN(CC(=O)NC(C)(C)C)C(=O)c1ccc2ncsc2c1. The minimum absolute atomic E-state index is 0.0385. The molecule has 0 radical (unpaired) electrons. The van der Waals surface area contributed by atoms with Gasteiger partial charge in [-0.2, -0.15) is 0 Å². The van der Waals surface area contributed by atoms with Crippen molar-refractivity contribution >= 4 is 33.4 Å². The van der Waals surface area contributed by atoms with Crippen molar-refractivity contribution < 1.29 is 9.59 Å². The topological polar surface area (TPSA) is 62.3 Å². The average molecular weight is 305 g/mol. The Morgan fingerprint density at radius 3 is 2.71 bits per heavy atom. The molecule has 5 nitrogen and oxygen atoms in total. The van der Waals surface area contributed by atoms with Gasteiger partial charge in [-0.25, -0.2) is 4.98 Å². The van der Waals surface area contributed by atoms with Crippen LogP contribution in [0.1, 0.15) is 31.1 Å². The third-order valence-corrected chi connectivity index (χ3v) is 3.61. The molecule has 0 saturated carbocycles. The van der Waals surface area contributed by atoms with Crippen LogP contribution in [-0.2, 0) is 4.79 Å². The molecule has 0 bridgehead atoms. The lowest BCUT2D eigenvalue weighted by molar-refractivity contribution is -0.122. The molecular weight excluding hydrogens is 286 g/mol. The maximum Gasteiger partial charge on any atom is 0.254 e. The zero-order valence-corrected chi connectivity index (χ0v) is 13.5. The summed E-state index contributed by atoms with van der Waals surface area (Å²) in [5, 5.41) is 2.84. The highest BCUT2D eigenvalue weighted by atomic mass is 32.1. The van der Waals surface area contributed by atoms with Crippen LogP contribution >= 0.6 is 11.3 Å². The molecule has 0 aliphatic rings. The summed E-state index contributed by atoms with van der Waals surface area (Å²) in [6, 6.07) is 5.37. The Balaban J connectivity index is 2.06. The normalized spacial score (nSPS) is 11.4. The van der Waals surface area contributed by atoms with Gasteiger partial charge in [0.15, 0.2) is 0 Å². The molecule has 1 aromatic heterocycles. The van der Waals surface area contributed by atoms with Crippen molar-refractivity contribution in [3.8, 4) is 0 Å². The first-order valence-electron chi connectivity index (χ1n) is 6.66. The van der Waals surface area contributed by atoms with Gasteiger partial charge in [0.25, 0.3) is 5.91 Å². The number of amides is 2. The number of likely N-dealkylation sites (N-methyl/N-ethyl adjacent to an activating group) is 1. The van der Waals surface area contributed by atoms with Crippen molar-refractivity contribution in [3.63, 3.8) is 0 Å². The molecule has 1 aromatic carbocycles. The van der Waals surface area contributed by atoms with E-state index in [1.807, 2.05) is 32.9 Å². The van der Waals surface area contributed by atoms with Gasteiger partial charge < -0.3 is 10.2 Å². The molecule has 2 rings (SSSR count). The summed E-state index contributed by atoms with van der Waals surface area (Å²) in [5.74, 6) is -0.341. The monoisotopic (exact) mass is 305 g/mol. The fraction of sp³-hybridized carbons (Fsp3) is 0.400. The van der Waals surface area contributed by atoms with Crippen LogP contribution in [-0.4, -0.2) is 40.8 Å². The zero-order chi connectivity index (χ0) is 15.6. The van der Waals surface area contributed by atoms with Crippen LogP contribution in [0.25, 0.3) is 10.2 Å². The number of benzene rings is 1. The molecule has 6 heteroatoms. The summed E-state index contributed by atoms with van der Waals surface area (Å²) >= 11 is 1.49. The van der Waals surface area contributed by atoms with Crippen LogP contribution in [0.5, 0.6) is 0 Å². The maximum absolute atomic E-state index is 12.3. The van der Waals surface area contributed by atoms with Gasteiger partial charge >= 0.3 is 0 Å². The summed E-state index contributed by atoms with van der Waals surface area (Å²) in [6.07, 6.45) is 0. The third-order valence-electron chi connectivity index (χ3n) is 2.82. The predicted molar refractivity (Wildman–Crippen MR) is 84.5 cm³/mol. The Morgan fingerprint density at radius 2 is 2.05 bits per heavy atom. The summed E-state index contributed by atoms with van der Waals surface area (Å²) in [6.45, 7) is 5.76. The number of thiazole rings is 1. The van der Waals surface area contributed by atoms with Gasteiger partial charge in [0.1, 0.15) is 0 Å². The molecule has 2 aromatic rings. The van der Waals surface area contributed by atoms with Crippen LogP contribution in [0.15, 0.2) is 23.7 Å². The molecule has 1 heterocycles. The number of hydrogen-bond donors (Lipinski definition) is 1. The quantitative estimate of drug-likeness (QED) is 0.946. The summed E-state index contributed by atoms with van der Waals surface area (Å²) in [7, 11) is 1.63. The Hall–Kier alpha value is -1.95. The second kappa shape index (κ2) is 5.81. The number of nitrogens with zero attached hydrogens (tertiary/aromatic N) is 2. The summed E-state index contributed by atoms with van der Waals surface area (Å²) in [4.78, 5) is 29.8. The van der Waals surface area contributed by atoms with E-state index in [-0.39, 0.29) is 23.9 Å².